The SMILES string of the molecule is Cl.Cl.NC[C@H]1CCC[C@H]1C(=O)NCC(=O)N1CCN(Cc2ccccc2)CC1. The van der Waals surface area contributed by atoms with Crippen LogP contribution in [0.15, 0.2) is 30.3 Å². The molecule has 1 saturated carbocycles. The van der Waals surface area contributed by atoms with Gasteiger partial charge in [0.15, 0.2) is 0 Å². The van der Waals surface area contributed by atoms with Gasteiger partial charge in [0.05, 0.1) is 6.54 Å². The Morgan fingerprint density at radius 3 is 2.36 bits per heavy atom. The maximum absolute atomic E-state index is 12.4. The van der Waals surface area contributed by atoms with Gasteiger partial charge >= 0.3 is 0 Å². The minimum absolute atomic E-state index is 0. The van der Waals surface area contributed by atoms with Crippen molar-refractivity contribution < 1.29 is 9.59 Å². The minimum Gasteiger partial charge on any atom is -0.347 e. The Morgan fingerprint density at radius 2 is 1.71 bits per heavy atom. The zero-order valence-corrected chi connectivity index (χ0v) is 17.9. The number of nitrogens with two attached hydrogens (primary N) is 1. The molecule has 158 valence electrons. The topological polar surface area (TPSA) is 78.7 Å². The van der Waals surface area contributed by atoms with Crippen LogP contribution in [-0.4, -0.2) is 60.9 Å². The molecule has 0 radical (unpaired) electrons. The van der Waals surface area contributed by atoms with Gasteiger partial charge in [-0.05, 0) is 30.9 Å². The molecule has 1 aromatic carbocycles. The third kappa shape index (κ3) is 6.62. The van der Waals surface area contributed by atoms with Gasteiger partial charge in [-0.1, -0.05) is 36.8 Å². The van der Waals surface area contributed by atoms with Crippen molar-refractivity contribution in [3.8, 4) is 0 Å². The number of benzene rings is 1. The van der Waals surface area contributed by atoms with Gasteiger partial charge in [-0.25, -0.2) is 0 Å². The van der Waals surface area contributed by atoms with E-state index >= 15 is 0 Å². The number of rotatable bonds is 6. The van der Waals surface area contributed by atoms with Gasteiger partial charge in [0.25, 0.3) is 0 Å². The Kier molecular flexibility index (Phi) is 10.8. The van der Waals surface area contributed by atoms with Crippen molar-refractivity contribution in [3.63, 3.8) is 0 Å². The predicted molar refractivity (Wildman–Crippen MR) is 116 cm³/mol. The van der Waals surface area contributed by atoms with E-state index < -0.39 is 0 Å². The fourth-order valence-electron chi connectivity index (χ4n) is 4.07. The number of nitrogens with one attached hydrogen (secondary N) is 1. The van der Waals surface area contributed by atoms with Crippen LogP contribution in [0.2, 0.25) is 0 Å². The summed E-state index contributed by atoms with van der Waals surface area (Å²) < 4.78 is 0. The zero-order chi connectivity index (χ0) is 18.4. The first-order chi connectivity index (χ1) is 12.7. The molecule has 8 heteroatoms. The summed E-state index contributed by atoms with van der Waals surface area (Å²) in [4.78, 5) is 28.9. The summed E-state index contributed by atoms with van der Waals surface area (Å²) in [6.07, 6.45) is 2.96. The second-order valence-electron chi connectivity index (χ2n) is 7.39. The molecule has 3 N–H and O–H groups in total. The minimum atomic E-state index is -0.0180. The van der Waals surface area contributed by atoms with Gasteiger partial charge in [0.1, 0.15) is 0 Å². The number of carbonyl (C=O) groups excluding carboxylic acids is 2. The molecule has 0 bridgehead atoms. The molecule has 1 saturated heterocycles. The molecule has 2 fully saturated rings. The molecule has 1 aromatic rings. The Hall–Kier alpha value is -1.34. The number of hydrogen-bond acceptors (Lipinski definition) is 4. The zero-order valence-electron chi connectivity index (χ0n) is 16.2. The van der Waals surface area contributed by atoms with E-state index in [-0.39, 0.29) is 55.0 Å². The molecule has 0 spiro atoms. The van der Waals surface area contributed by atoms with Gasteiger partial charge in [0, 0.05) is 38.6 Å². The van der Waals surface area contributed by atoms with Crippen LogP contribution >= 0.6 is 24.8 Å². The molecule has 0 unspecified atom stereocenters. The Labute approximate surface area is 180 Å². The molecular formula is C20H32Cl2N4O2. The van der Waals surface area contributed by atoms with E-state index in [1.165, 1.54) is 5.56 Å². The fourth-order valence-corrected chi connectivity index (χ4v) is 4.07. The van der Waals surface area contributed by atoms with Crippen molar-refractivity contribution >= 4 is 36.6 Å². The molecule has 0 aromatic heterocycles. The number of halogens is 2. The normalized spacial score (nSPS) is 22.1. The molecule has 28 heavy (non-hydrogen) atoms. The summed E-state index contributed by atoms with van der Waals surface area (Å²) in [7, 11) is 0. The maximum atomic E-state index is 12.4. The van der Waals surface area contributed by atoms with Crippen molar-refractivity contribution in [1.82, 2.24) is 15.1 Å². The van der Waals surface area contributed by atoms with E-state index in [2.05, 4.69) is 34.5 Å². The van der Waals surface area contributed by atoms with Gasteiger partial charge < -0.3 is 16.0 Å². The molecule has 6 nitrogen and oxygen atoms in total. The van der Waals surface area contributed by atoms with Crippen molar-refractivity contribution in [2.45, 2.75) is 25.8 Å². The standard InChI is InChI=1S/C20H30N4O2.2ClH/c21-13-17-7-4-8-18(17)20(26)22-14-19(25)24-11-9-23(10-12-24)15-16-5-2-1-3-6-16;;/h1-3,5-6,17-18H,4,7-15,21H2,(H,22,26);2*1H/t17-,18-;;/m1../s1. The van der Waals surface area contributed by atoms with Gasteiger partial charge in [-0.2, -0.15) is 0 Å². The van der Waals surface area contributed by atoms with Gasteiger partial charge in [-0.3, -0.25) is 14.5 Å². The molecule has 2 aliphatic rings. The van der Waals surface area contributed by atoms with Crippen LogP contribution in [0.3, 0.4) is 0 Å². The van der Waals surface area contributed by atoms with E-state index in [0.29, 0.717) is 6.54 Å². The lowest BCUT2D eigenvalue weighted by molar-refractivity contribution is -0.135. The average Bonchev–Trinajstić information content (AvgIpc) is 3.16. The maximum Gasteiger partial charge on any atom is 0.242 e. The number of hydrogen-bond donors (Lipinski definition) is 2. The molecule has 2 amide bonds. The highest BCUT2D eigenvalue weighted by Crippen LogP contribution is 2.30. The first-order valence-electron chi connectivity index (χ1n) is 9.69. The molecule has 3 rings (SSSR count). The first kappa shape index (κ1) is 24.7. The summed E-state index contributed by atoms with van der Waals surface area (Å²) in [5, 5.41) is 2.84. The number of carbonyl (C=O) groups is 2. The number of nitrogens with zero attached hydrogens (tertiary/aromatic N) is 2. The predicted octanol–water partition coefficient (Wildman–Crippen LogP) is 1.67. The van der Waals surface area contributed by atoms with E-state index in [4.69, 9.17) is 5.73 Å². The van der Waals surface area contributed by atoms with Crippen LogP contribution in [0.5, 0.6) is 0 Å². The van der Waals surface area contributed by atoms with Crippen molar-refractivity contribution in [1.29, 1.82) is 0 Å². The Morgan fingerprint density at radius 1 is 1.04 bits per heavy atom. The van der Waals surface area contributed by atoms with Crippen LogP contribution in [0.4, 0.5) is 0 Å². The van der Waals surface area contributed by atoms with E-state index in [1.54, 1.807) is 0 Å². The number of piperazine rings is 1. The third-order valence-corrected chi connectivity index (χ3v) is 5.69. The summed E-state index contributed by atoms with van der Waals surface area (Å²) in [5.74, 6) is 0.260. The highest BCUT2D eigenvalue weighted by Gasteiger charge is 2.32. The highest BCUT2D eigenvalue weighted by atomic mass is 35.5. The van der Waals surface area contributed by atoms with Crippen LogP contribution in [-0.2, 0) is 16.1 Å². The van der Waals surface area contributed by atoms with Crippen molar-refractivity contribution in [2.75, 3.05) is 39.3 Å². The lowest BCUT2D eigenvalue weighted by Crippen LogP contribution is -2.51. The van der Waals surface area contributed by atoms with E-state index in [9.17, 15) is 9.59 Å². The van der Waals surface area contributed by atoms with Crippen LogP contribution in [0.25, 0.3) is 0 Å². The Bertz CT molecular complexity index is 609. The molecular weight excluding hydrogens is 399 g/mol. The number of amides is 2. The molecule has 1 heterocycles. The molecule has 1 aliphatic heterocycles. The van der Waals surface area contributed by atoms with Crippen LogP contribution < -0.4 is 11.1 Å². The second kappa shape index (κ2) is 12.3. The van der Waals surface area contributed by atoms with Crippen LogP contribution in [0, 0.1) is 11.8 Å². The first-order valence-corrected chi connectivity index (χ1v) is 9.69. The van der Waals surface area contributed by atoms with Crippen molar-refractivity contribution in [2.24, 2.45) is 17.6 Å². The monoisotopic (exact) mass is 430 g/mol. The van der Waals surface area contributed by atoms with Crippen LogP contribution in [0.1, 0.15) is 24.8 Å². The highest BCUT2D eigenvalue weighted by molar-refractivity contribution is 5.86. The summed E-state index contributed by atoms with van der Waals surface area (Å²) in [6.45, 7) is 4.74. The molecule has 2 atom stereocenters. The summed E-state index contributed by atoms with van der Waals surface area (Å²) in [5.41, 5.74) is 7.04. The van der Waals surface area contributed by atoms with E-state index in [1.807, 2.05) is 11.0 Å². The smallest absolute Gasteiger partial charge is 0.242 e. The quantitative estimate of drug-likeness (QED) is 0.718. The summed E-state index contributed by atoms with van der Waals surface area (Å²) >= 11 is 0. The second-order valence-corrected chi connectivity index (χ2v) is 7.39. The summed E-state index contributed by atoms with van der Waals surface area (Å²) in [6, 6.07) is 10.4. The lowest BCUT2D eigenvalue weighted by Gasteiger charge is -2.35. The fraction of sp³-hybridized carbons (Fsp3) is 0.600. The Balaban J connectivity index is 0.00000196. The molecule has 1 aliphatic carbocycles. The van der Waals surface area contributed by atoms with Crippen molar-refractivity contribution in [3.05, 3.63) is 35.9 Å². The van der Waals surface area contributed by atoms with Gasteiger partial charge in [-0.15, -0.1) is 24.8 Å². The third-order valence-electron chi connectivity index (χ3n) is 5.69. The average molecular weight is 431 g/mol. The lowest BCUT2D eigenvalue weighted by atomic mass is 9.95. The van der Waals surface area contributed by atoms with Gasteiger partial charge in [0.2, 0.25) is 11.8 Å². The largest absolute Gasteiger partial charge is 0.347 e. The van der Waals surface area contributed by atoms with E-state index in [0.717, 1.165) is 52.0 Å².